The highest BCUT2D eigenvalue weighted by molar-refractivity contribution is 6.38. The Bertz CT molecular complexity index is 1650. The molecule has 0 saturated heterocycles. The van der Waals surface area contributed by atoms with Gasteiger partial charge in [-0.15, -0.1) is 0 Å². The molecule has 0 fully saturated rings. The number of nitrogens with zero attached hydrogens (tertiary/aromatic N) is 2. The van der Waals surface area contributed by atoms with E-state index < -0.39 is 11.8 Å². The highest BCUT2D eigenvalue weighted by Gasteiger charge is 2.38. The fourth-order valence-corrected chi connectivity index (χ4v) is 5.60. The third-order valence-corrected chi connectivity index (χ3v) is 7.58. The molecule has 4 aromatic rings. The van der Waals surface area contributed by atoms with Gasteiger partial charge in [0.1, 0.15) is 0 Å². The van der Waals surface area contributed by atoms with E-state index in [0.717, 1.165) is 22.3 Å². The standard InChI is InChI=1S/C31H20Cl2N2O4/c1-16-11-18(3-9-26(16)34-28(36)22-7-5-20(32)14-24(22)30(34)38)13-19-4-10-27(17(2)12-19)35-29(37)23-8-6-21(33)15-25(23)31(35)39/h3-12,14-15H,13H2,1-2H3. The van der Waals surface area contributed by atoms with E-state index in [0.29, 0.717) is 50.1 Å². The van der Waals surface area contributed by atoms with Crippen LogP contribution in [-0.2, 0) is 6.42 Å². The van der Waals surface area contributed by atoms with Crippen molar-refractivity contribution in [3.05, 3.63) is 127 Å². The second-order valence-corrected chi connectivity index (χ2v) is 10.6. The maximum absolute atomic E-state index is 13.0. The zero-order valence-corrected chi connectivity index (χ0v) is 22.4. The number of carbonyl (C=O) groups excluding carboxylic acids is 4. The van der Waals surface area contributed by atoms with E-state index in [9.17, 15) is 19.2 Å². The molecule has 0 unspecified atom stereocenters. The highest BCUT2D eigenvalue weighted by Crippen LogP contribution is 2.34. The molecule has 0 aliphatic carbocycles. The minimum atomic E-state index is -0.394. The summed E-state index contributed by atoms with van der Waals surface area (Å²) in [5, 5.41) is 0.801. The summed E-state index contributed by atoms with van der Waals surface area (Å²) in [7, 11) is 0. The number of aryl methyl sites for hydroxylation is 2. The number of hydrogen-bond donors (Lipinski definition) is 0. The SMILES string of the molecule is Cc1cc(Cc2ccc(N3C(=O)c4ccc(Cl)cc4C3=O)c(C)c2)ccc1N1C(=O)c2ccc(Cl)cc2C1=O. The summed E-state index contributed by atoms with van der Waals surface area (Å²) in [5.41, 5.74) is 5.86. The normalized spacial score (nSPS) is 14.4. The van der Waals surface area contributed by atoms with Crippen molar-refractivity contribution < 1.29 is 19.2 Å². The van der Waals surface area contributed by atoms with Crippen LogP contribution in [0.1, 0.15) is 63.7 Å². The van der Waals surface area contributed by atoms with Crippen LogP contribution in [0.5, 0.6) is 0 Å². The number of benzene rings is 4. The van der Waals surface area contributed by atoms with Gasteiger partial charge in [0.15, 0.2) is 0 Å². The Kier molecular flexibility index (Phi) is 5.90. The first-order valence-corrected chi connectivity index (χ1v) is 13.0. The van der Waals surface area contributed by atoms with Gasteiger partial charge in [-0.05, 0) is 91.1 Å². The Labute approximate surface area is 234 Å². The van der Waals surface area contributed by atoms with Gasteiger partial charge in [0.25, 0.3) is 23.6 Å². The van der Waals surface area contributed by atoms with Gasteiger partial charge < -0.3 is 0 Å². The number of fused-ring (bicyclic) bond motifs is 2. The summed E-state index contributed by atoms with van der Waals surface area (Å²) in [6.07, 6.45) is 0.581. The molecule has 2 aliphatic heterocycles. The minimum absolute atomic E-state index is 0.299. The Balaban J connectivity index is 1.24. The van der Waals surface area contributed by atoms with Crippen LogP contribution >= 0.6 is 23.2 Å². The molecule has 6 rings (SSSR count). The van der Waals surface area contributed by atoms with E-state index in [1.807, 2.05) is 38.1 Å². The Morgan fingerprint density at radius 2 is 0.897 bits per heavy atom. The molecule has 4 amide bonds. The van der Waals surface area contributed by atoms with Crippen molar-refractivity contribution in [2.45, 2.75) is 20.3 Å². The molecule has 2 heterocycles. The maximum atomic E-state index is 13.0. The van der Waals surface area contributed by atoms with E-state index >= 15 is 0 Å². The molecule has 39 heavy (non-hydrogen) atoms. The van der Waals surface area contributed by atoms with E-state index in [-0.39, 0.29) is 11.8 Å². The van der Waals surface area contributed by atoms with Crippen molar-refractivity contribution in [1.82, 2.24) is 0 Å². The summed E-state index contributed by atoms with van der Waals surface area (Å²) in [6.45, 7) is 3.72. The third kappa shape index (κ3) is 4.04. The lowest BCUT2D eigenvalue weighted by Crippen LogP contribution is -2.30. The van der Waals surface area contributed by atoms with Gasteiger partial charge in [-0.25, -0.2) is 9.80 Å². The van der Waals surface area contributed by atoms with Crippen molar-refractivity contribution in [2.24, 2.45) is 0 Å². The molecule has 8 heteroatoms. The number of carbonyl (C=O) groups is 4. The van der Waals surface area contributed by atoms with Crippen LogP contribution in [-0.4, -0.2) is 23.6 Å². The van der Waals surface area contributed by atoms with Crippen molar-refractivity contribution in [1.29, 1.82) is 0 Å². The smallest absolute Gasteiger partial charge is 0.266 e. The number of imide groups is 2. The number of hydrogen-bond acceptors (Lipinski definition) is 4. The maximum Gasteiger partial charge on any atom is 0.266 e. The van der Waals surface area contributed by atoms with Gasteiger partial charge in [0, 0.05) is 10.0 Å². The lowest BCUT2D eigenvalue weighted by molar-refractivity contribution is 0.0910. The van der Waals surface area contributed by atoms with Crippen molar-refractivity contribution in [3.8, 4) is 0 Å². The highest BCUT2D eigenvalue weighted by atomic mass is 35.5. The molecule has 0 aromatic heterocycles. The molecule has 0 radical (unpaired) electrons. The average Bonchev–Trinajstić information content (AvgIpc) is 3.28. The number of rotatable bonds is 4. The zero-order chi connectivity index (χ0) is 27.6. The lowest BCUT2D eigenvalue weighted by atomic mass is 9.99. The quantitative estimate of drug-likeness (QED) is 0.260. The van der Waals surface area contributed by atoms with Crippen molar-refractivity contribution in [3.63, 3.8) is 0 Å². The van der Waals surface area contributed by atoms with E-state index in [4.69, 9.17) is 23.2 Å². The molecule has 0 N–H and O–H groups in total. The van der Waals surface area contributed by atoms with Gasteiger partial charge >= 0.3 is 0 Å². The molecule has 0 saturated carbocycles. The molecule has 192 valence electrons. The van der Waals surface area contributed by atoms with Crippen LogP contribution in [0.4, 0.5) is 11.4 Å². The van der Waals surface area contributed by atoms with Crippen LogP contribution in [0.3, 0.4) is 0 Å². The van der Waals surface area contributed by atoms with Gasteiger partial charge in [0.05, 0.1) is 33.6 Å². The second-order valence-electron chi connectivity index (χ2n) is 9.69. The molecule has 0 spiro atoms. The monoisotopic (exact) mass is 554 g/mol. The molecule has 2 aliphatic rings. The molecule has 0 atom stereocenters. The van der Waals surface area contributed by atoms with Crippen molar-refractivity contribution >= 4 is 58.2 Å². The lowest BCUT2D eigenvalue weighted by Gasteiger charge is -2.19. The van der Waals surface area contributed by atoms with Crippen LogP contribution in [0.2, 0.25) is 10.0 Å². The summed E-state index contributed by atoms with van der Waals surface area (Å²) in [4.78, 5) is 54.3. The summed E-state index contributed by atoms with van der Waals surface area (Å²) < 4.78 is 0. The molecular weight excluding hydrogens is 535 g/mol. The fraction of sp³-hybridized carbons (Fsp3) is 0.0968. The van der Waals surface area contributed by atoms with E-state index in [1.54, 1.807) is 36.4 Å². The van der Waals surface area contributed by atoms with Gasteiger partial charge in [-0.1, -0.05) is 47.5 Å². The summed E-state index contributed by atoms with van der Waals surface area (Å²) in [5.74, 6) is -1.53. The predicted molar refractivity (Wildman–Crippen MR) is 150 cm³/mol. The zero-order valence-electron chi connectivity index (χ0n) is 20.9. The third-order valence-electron chi connectivity index (χ3n) is 7.11. The molecule has 0 bridgehead atoms. The summed E-state index contributed by atoms with van der Waals surface area (Å²) in [6, 6.07) is 20.6. The first kappa shape index (κ1) is 25.0. The second kappa shape index (κ2) is 9.19. The predicted octanol–water partition coefficient (Wildman–Crippen LogP) is 6.80. The van der Waals surface area contributed by atoms with Crippen LogP contribution in [0.25, 0.3) is 0 Å². The molecule has 4 aromatic carbocycles. The van der Waals surface area contributed by atoms with Crippen molar-refractivity contribution in [2.75, 3.05) is 9.80 Å². The summed E-state index contributed by atoms with van der Waals surface area (Å²) >= 11 is 12.1. The van der Waals surface area contributed by atoms with E-state index in [1.165, 1.54) is 21.9 Å². The topological polar surface area (TPSA) is 74.8 Å². The number of anilines is 2. The average molecular weight is 555 g/mol. The van der Waals surface area contributed by atoms with Crippen LogP contribution in [0.15, 0.2) is 72.8 Å². The minimum Gasteiger partial charge on any atom is -0.268 e. The fourth-order valence-electron chi connectivity index (χ4n) is 5.26. The first-order valence-electron chi connectivity index (χ1n) is 12.2. The Morgan fingerprint density at radius 1 is 0.513 bits per heavy atom. The Hall–Kier alpha value is -4.26. The Morgan fingerprint density at radius 3 is 1.28 bits per heavy atom. The number of amides is 4. The molecular formula is C31H20Cl2N2O4. The first-order chi connectivity index (χ1) is 18.6. The molecule has 6 nitrogen and oxygen atoms in total. The van der Waals surface area contributed by atoms with Gasteiger partial charge in [0.2, 0.25) is 0 Å². The van der Waals surface area contributed by atoms with Crippen LogP contribution in [0, 0.1) is 13.8 Å². The van der Waals surface area contributed by atoms with Gasteiger partial charge in [-0.3, -0.25) is 19.2 Å². The number of halogens is 2. The van der Waals surface area contributed by atoms with E-state index in [2.05, 4.69) is 0 Å². The van der Waals surface area contributed by atoms with Crippen LogP contribution < -0.4 is 9.80 Å². The largest absolute Gasteiger partial charge is 0.268 e. The van der Waals surface area contributed by atoms with Gasteiger partial charge in [-0.2, -0.15) is 0 Å².